The molecule has 0 spiro atoms. The molecule has 0 aliphatic heterocycles. The quantitative estimate of drug-likeness (QED) is 0.200. The molecule has 0 bridgehead atoms. The Bertz CT molecular complexity index is 1540. The van der Waals surface area contributed by atoms with E-state index in [1.165, 1.54) is 13.0 Å². The number of halogens is 4. The second kappa shape index (κ2) is 11.7. The molecule has 7 nitrogen and oxygen atoms in total. The molecule has 39 heavy (non-hydrogen) atoms. The lowest BCUT2D eigenvalue weighted by Crippen LogP contribution is -2.29. The van der Waals surface area contributed by atoms with Crippen molar-refractivity contribution in [1.82, 2.24) is 9.97 Å². The summed E-state index contributed by atoms with van der Waals surface area (Å²) in [4.78, 5) is 21.6. The van der Waals surface area contributed by atoms with Crippen molar-refractivity contribution in [3.63, 3.8) is 0 Å². The van der Waals surface area contributed by atoms with Crippen molar-refractivity contribution in [2.75, 3.05) is 6.61 Å². The van der Waals surface area contributed by atoms with Crippen LogP contribution in [0.3, 0.4) is 0 Å². The first kappa shape index (κ1) is 27.9. The number of aromatic nitrogens is 2. The van der Waals surface area contributed by atoms with Gasteiger partial charge >= 0.3 is 12.2 Å². The molecule has 200 valence electrons. The van der Waals surface area contributed by atoms with E-state index in [2.05, 4.69) is 25.9 Å². The minimum atomic E-state index is -4.59. The molecule has 2 atom stereocenters. The zero-order chi connectivity index (χ0) is 28.2. The number of carbonyl (C=O) groups is 1. The van der Waals surface area contributed by atoms with Crippen molar-refractivity contribution >= 4 is 32.6 Å². The van der Waals surface area contributed by atoms with Gasteiger partial charge in [0.2, 0.25) is 5.88 Å². The predicted octanol–water partition coefficient (Wildman–Crippen LogP) is 7.25. The third-order valence-corrected chi connectivity index (χ3v) is 6.09. The molecule has 2 unspecified atom stereocenters. The molecule has 0 aliphatic rings. The van der Waals surface area contributed by atoms with Crippen LogP contribution in [-0.4, -0.2) is 28.5 Å². The molecule has 11 heteroatoms. The van der Waals surface area contributed by atoms with Crippen LogP contribution in [0.25, 0.3) is 10.9 Å². The van der Waals surface area contributed by atoms with Gasteiger partial charge in [0.25, 0.3) is 0 Å². The highest BCUT2D eigenvalue weighted by Gasteiger charge is 2.33. The van der Waals surface area contributed by atoms with Crippen molar-refractivity contribution in [2.24, 2.45) is 0 Å². The summed E-state index contributed by atoms with van der Waals surface area (Å²) in [6.07, 6.45) is -5.70. The molecule has 1 heterocycles. The largest absolute Gasteiger partial charge is 0.483 e. The summed E-state index contributed by atoms with van der Waals surface area (Å²) in [6, 6.07) is 17.8. The smallest absolute Gasteiger partial charge is 0.416 e. The minimum absolute atomic E-state index is 0.0506. The standard InChI is InChI=1S/C28H21BrF3N3O4/c1-3-37-26-22-12-7-19(29)14-24(22)34-27(35-26)39-21-10-8-20(9-11-21)38-16(2)25(36)23(15-33)17-5-4-6-18(13-17)28(30,31)32/h4-14,16,23H,3H2,1-2H3. The van der Waals surface area contributed by atoms with E-state index in [1.54, 1.807) is 30.3 Å². The van der Waals surface area contributed by atoms with Gasteiger partial charge in [0.1, 0.15) is 17.4 Å². The second-order valence-electron chi connectivity index (χ2n) is 8.33. The highest BCUT2D eigenvalue weighted by Crippen LogP contribution is 2.33. The van der Waals surface area contributed by atoms with Crippen LogP contribution in [0.1, 0.15) is 30.9 Å². The molecule has 4 aromatic rings. The Balaban J connectivity index is 1.47. The molecule has 4 rings (SSSR count). The van der Waals surface area contributed by atoms with Gasteiger partial charge in [-0.25, -0.2) is 0 Å². The van der Waals surface area contributed by atoms with Crippen LogP contribution in [0.15, 0.2) is 71.2 Å². The number of ether oxygens (including phenoxy) is 3. The molecule has 0 amide bonds. The van der Waals surface area contributed by atoms with Gasteiger partial charge in [-0.2, -0.15) is 28.4 Å². The van der Waals surface area contributed by atoms with E-state index < -0.39 is 29.5 Å². The highest BCUT2D eigenvalue weighted by atomic mass is 79.9. The Morgan fingerprint density at radius 3 is 2.44 bits per heavy atom. The fourth-order valence-electron chi connectivity index (χ4n) is 3.73. The number of hydrogen-bond donors (Lipinski definition) is 0. The Kier molecular flexibility index (Phi) is 8.35. The number of alkyl halides is 3. The number of Topliss-reactive ketones (excluding diaryl/α,β-unsaturated/α-hetero) is 1. The monoisotopic (exact) mass is 599 g/mol. The predicted molar refractivity (Wildman–Crippen MR) is 140 cm³/mol. The molecule has 0 aliphatic carbocycles. The summed E-state index contributed by atoms with van der Waals surface area (Å²) < 4.78 is 57.1. The fraction of sp³-hybridized carbons (Fsp3) is 0.214. The van der Waals surface area contributed by atoms with Crippen LogP contribution in [-0.2, 0) is 11.0 Å². The lowest BCUT2D eigenvalue weighted by molar-refractivity contribution is -0.137. The summed E-state index contributed by atoms with van der Waals surface area (Å²) in [5, 5.41) is 10.3. The number of fused-ring (bicyclic) bond motifs is 1. The van der Waals surface area contributed by atoms with E-state index in [4.69, 9.17) is 14.2 Å². The number of hydrogen-bond acceptors (Lipinski definition) is 7. The van der Waals surface area contributed by atoms with E-state index in [9.17, 15) is 23.2 Å². The molecule has 0 saturated carbocycles. The van der Waals surface area contributed by atoms with Crippen molar-refractivity contribution in [1.29, 1.82) is 5.26 Å². The lowest BCUT2D eigenvalue weighted by Gasteiger charge is -2.18. The maximum absolute atomic E-state index is 13.1. The van der Waals surface area contributed by atoms with Crippen LogP contribution in [0.4, 0.5) is 13.2 Å². The lowest BCUT2D eigenvalue weighted by atomic mass is 9.92. The average Bonchev–Trinajstić information content (AvgIpc) is 2.90. The fourth-order valence-corrected chi connectivity index (χ4v) is 4.08. The topological polar surface area (TPSA) is 94.3 Å². The average molecular weight is 600 g/mol. The summed E-state index contributed by atoms with van der Waals surface area (Å²) in [5.41, 5.74) is -0.364. The first-order valence-corrected chi connectivity index (χ1v) is 12.5. The van der Waals surface area contributed by atoms with Crippen LogP contribution < -0.4 is 14.2 Å². The first-order chi connectivity index (χ1) is 18.6. The summed E-state index contributed by atoms with van der Waals surface area (Å²) >= 11 is 3.42. The van der Waals surface area contributed by atoms with Gasteiger partial charge in [0.05, 0.1) is 29.1 Å². The molecule has 0 saturated heterocycles. The third kappa shape index (κ3) is 6.64. The maximum atomic E-state index is 13.1. The number of nitrogens with zero attached hydrogens (tertiary/aromatic N) is 3. The zero-order valence-corrected chi connectivity index (χ0v) is 22.3. The van der Waals surface area contributed by atoms with Crippen LogP contribution in [0.5, 0.6) is 23.4 Å². The molecule has 1 aromatic heterocycles. The molecule has 0 radical (unpaired) electrons. The summed E-state index contributed by atoms with van der Waals surface area (Å²) in [5.74, 6) is -1.03. The molecule has 0 fully saturated rings. The minimum Gasteiger partial charge on any atom is -0.483 e. The second-order valence-corrected chi connectivity index (χ2v) is 9.24. The highest BCUT2D eigenvalue weighted by molar-refractivity contribution is 9.10. The van der Waals surface area contributed by atoms with Crippen molar-refractivity contribution < 1.29 is 32.2 Å². The first-order valence-electron chi connectivity index (χ1n) is 11.7. The van der Waals surface area contributed by atoms with Crippen molar-refractivity contribution in [2.45, 2.75) is 32.0 Å². The van der Waals surface area contributed by atoms with Gasteiger partial charge in [-0.05, 0) is 67.9 Å². The maximum Gasteiger partial charge on any atom is 0.416 e. The Hall–Kier alpha value is -4.17. The third-order valence-electron chi connectivity index (χ3n) is 5.59. The van der Waals surface area contributed by atoms with E-state index in [0.29, 0.717) is 29.5 Å². The molecular weight excluding hydrogens is 579 g/mol. The van der Waals surface area contributed by atoms with Gasteiger partial charge in [-0.1, -0.05) is 34.1 Å². The van der Waals surface area contributed by atoms with E-state index >= 15 is 0 Å². The normalized spacial score (nSPS) is 12.8. The number of rotatable bonds is 9. The zero-order valence-electron chi connectivity index (χ0n) is 20.7. The number of ketones is 1. The Morgan fingerprint density at radius 2 is 1.77 bits per heavy atom. The summed E-state index contributed by atoms with van der Waals surface area (Å²) in [6.45, 7) is 3.68. The van der Waals surface area contributed by atoms with E-state index in [1.807, 2.05) is 25.1 Å². The van der Waals surface area contributed by atoms with Gasteiger partial charge in [0.15, 0.2) is 11.9 Å². The van der Waals surface area contributed by atoms with E-state index in [-0.39, 0.29) is 11.6 Å². The number of nitriles is 1. The SMILES string of the molecule is CCOc1nc(Oc2ccc(OC(C)C(=O)C(C#N)c3cccc(C(F)(F)F)c3)cc2)nc2cc(Br)ccc12. The van der Waals surface area contributed by atoms with Crippen LogP contribution in [0, 0.1) is 11.3 Å². The Morgan fingerprint density at radius 1 is 1.05 bits per heavy atom. The number of carbonyl (C=O) groups excluding carboxylic acids is 1. The van der Waals surface area contributed by atoms with Crippen molar-refractivity contribution in [3.05, 3.63) is 82.3 Å². The summed E-state index contributed by atoms with van der Waals surface area (Å²) in [7, 11) is 0. The van der Waals surface area contributed by atoms with E-state index in [0.717, 1.165) is 28.1 Å². The van der Waals surface area contributed by atoms with Gasteiger partial charge < -0.3 is 14.2 Å². The molecule has 3 aromatic carbocycles. The molecule has 0 N–H and O–H groups in total. The van der Waals surface area contributed by atoms with Crippen molar-refractivity contribution in [3.8, 4) is 29.5 Å². The Labute approximate surface area is 230 Å². The van der Waals surface area contributed by atoms with Crippen LogP contribution >= 0.6 is 15.9 Å². The van der Waals surface area contributed by atoms with Gasteiger partial charge in [0, 0.05) is 4.47 Å². The molecular formula is C28H21BrF3N3O4. The van der Waals surface area contributed by atoms with Gasteiger partial charge in [-0.15, -0.1) is 0 Å². The number of benzene rings is 3. The van der Waals surface area contributed by atoms with Crippen LogP contribution in [0.2, 0.25) is 0 Å². The van der Waals surface area contributed by atoms with Gasteiger partial charge in [-0.3, -0.25) is 4.79 Å².